The number of carbonyl (C=O) groups is 1. The van der Waals surface area contributed by atoms with E-state index in [1.807, 2.05) is 35.6 Å². The van der Waals surface area contributed by atoms with E-state index in [0.717, 1.165) is 10.4 Å². The fourth-order valence-electron chi connectivity index (χ4n) is 2.10. The lowest BCUT2D eigenvalue weighted by atomic mass is 10.1. The first-order valence-corrected chi connectivity index (χ1v) is 6.88. The van der Waals surface area contributed by atoms with Crippen molar-refractivity contribution in [3.05, 3.63) is 52.3 Å². The fraction of sp³-hybridized carbons (Fsp3) is 0. The Morgan fingerprint density at radius 3 is 2.67 bits per heavy atom. The molecule has 3 N–H and O–H groups in total. The number of aromatic amines is 1. The first-order valence-electron chi connectivity index (χ1n) is 6.07. The van der Waals surface area contributed by atoms with E-state index in [0.29, 0.717) is 10.2 Å². The predicted octanol–water partition coefficient (Wildman–Crippen LogP) is 1.78. The molecule has 0 saturated carbocycles. The van der Waals surface area contributed by atoms with Crippen LogP contribution in [0.3, 0.4) is 0 Å². The monoisotopic (exact) mass is 296 g/mol. The maximum atomic E-state index is 11.9. The Kier molecular flexibility index (Phi) is 3.27. The molecule has 7 heteroatoms. The molecule has 2 heterocycles. The van der Waals surface area contributed by atoms with E-state index in [9.17, 15) is 14.7 Å². The third-order valence-corrected chi connectivity index (χ3v) is 4.19. The number of aromatic hydroxyl groups is 1. The first-order chi connectivity index (χ1) is 10.1. The Morgan fingerprint density at radius 1 is 1.29 bits per heavy atom. The second-order valence-electron chi connectivity index (χ2n) is 4.37. The Labute approximate surface area is 124 Å². The van der Waals surface area contributed by atoms with E-state index in [-0.39, 0.29) is 11.3 Å². The van der Waals surface area contributed by atoms with Crippen LogP contribution in [0.2, 0.25) is 0 Å². The summed E-state index contributed by atoms with van der Waals surface area (Å²) in [4.78, 5) is 27.4. The molecule has 2 aromatic heterocycles. The highest BCUT2D eigenvalue weighted by molar-refractivity contribution is 7.21. The Hall–Kier alpha value is -2.54. The number of aromatic nitrogens is 1. The number of carbonyl (C=O) groups excluding carboxylic acids is 1. The summed E-state index contributed by atoms with van der Waals surface area (Å²) in [6, 6.07) is 11.3. The lowest BCUT2D eigenvalue weighted by Crippen LogP contribution is -2.27. The minimum atomic E-state index is -0.830. The maximum Gasteiger partial charge on any atom is 0.265 e. The van der Waals surface area contributed by atoms with Gasteiger partial charge >= 0.3 is 0 Å². The summed E-state index contributed by atoms with van der Waals surface area (Å²) in [5.74, 6) is -1.20. The van der Waals surface area contributed by atoms with E-state index in [1.54, 1.807) is 6.07 Å². The van der Waals surface area contributed by atoms with Gasteiger partial charge in [0, 0.05) is 4.88 Å². The Bertz CT molecular complexity index is 886. The fourth-order valence-corrected chi connectivity index (χ4v) is 3.16. The molecule has 0 spiro atoms. The number of hydrogen-bond acceptors (Lipinski definition) is 4. The highest BCUT2D eigenvalue weighted by Gasteiger charge is 2.19. The van der Waals surface area contributed by atoms with Crippen LogP contribution >= 0.6 is 11.3 Å². The summed E-state index contributed by atoms with van der Waals surface area (Å²) < 4.78 is 0. The van der Waals surface area contributed by atoms with Gasteiger partial charge in [0.05, 0.1) is 5.39 Å². The number of thiophene rings is 1. The zero-order chi connectivity index (χ0) is 15.0. The zero-order valence-corrected chi connectivity index (χ0v) is 11.5. The third-order valence-electron chi connectivity index (χ3n) is 3.09. The highest BCUT2D eigenvalue weighted by Crippen LogP contribution is 2.36. The molecule has 0 bridgehead atoms. The largest absolute Gasteiger partial charge is 0.506 e. The van der Waals surface area contributed by atoms with Crippen molar-refractivity contribution in [1.82, 2.24) is 10.2 Å². The molecule has 1 aromatic carbocycles. The minimum absolute atomic E-state index is 0.366. The number of pyridine rings is 1. The standard InChI is InChI=1S/C14H9BN2O3S/c15-17-13(20)10-11(18)8-6-9(7-4-2-1-3-5-7)21-14(8)16-12(10)19/h1-6H,(H,17,20)(H2,16,18,19). The number of amides is 1. The summed E-state index contributed by atoms with van der Waals surface area (Å²) in [5.41, 5.74) is -0.101. The highest BCUT2D eigenvalue weighted by atomic mass is 32.1. The van der Waals surface area contributed by atoms with Crippen LogP contribution in [0.15, 0.2) is 41.2 Å². The van der Waals surface area contributed by atoms with Gasteiger partial charge in [-0.1, -0.05) is 30.3 Å². The zero-order valence-electron chi connectivity index (χ0n) is 10.7. The summed E-state index contributed by atoms with van der Waals surface area (Å²) in [6.07, 6.45) is 0. The van der Waals surface area contributed by atoms with E-state index in [4.69, 9.17) is 7.98 Å². The van der Waals surface area contributed by atoms with Gasteiger partial charge in [-0.15, -0.1) is 11.3 Å². The van der Waals surface area contributed by atoms with Gasteiger partial charge in [-0.3, -0.25) is 9.59 Å². The van der Waals surface area contributed by atoms with Crippen LogP contribution in [0, 0.1) is 0 Å². The van der Waals surface area contributed by atoms with Crippen molar-refractivity contribution in [2.75, 3.05) is 0 Å². The van der Waals surface area contributed by atoms with Crippen molar-refractivity contribution < 1.29 is 9.90 Å². The SMILES string of the molecule is [B]NC(=O)c1c(O)c2cc(-c3ccccc3)sc2[nH]c1=O. The molecule has 0 aliphatic heterocycles. The number of fused-ring (bicyclic) bond motifs is 1. The Balaban J connectivity index is 2.26. The van der Waals surface area contributed by atoms with Crippen LogP contribution in [0.5, 0.6) is 5.75 Å². The van der Waals surface area contributed by atoms with Gasteiger partial charge in [-0.05, 0) is 11.6 Å². The molecular formula is C14H9BN2O3S. The van der Waals surface area contributed by atoms with Crippen molar-refractivity contribution in [2.24, 2.45) is 0 Å². The normalized spacial score (nSPS) is 10.7. The number of nitrogens with one attached hydrogen (secondary N) is 2. The van der Waals surface area contributed by atoms with E-state index in [1.165, 1.54) is 11.3 Å². The van der Waals surface area contributed by atoms with Crippen LogP contribution in [0.1, 0.15) is 10.4 Å². The number of benzene rings is 1. The molecule has 0 atom stereocenters. The van der Waals surface area contributed by atoms with Crippen molar-refractivity contribution in [3.8, 4) is 16.2 Å². The average molecular weight is 296 g/mol. The lowest BCUT2D eigenvalue weighted by molar-refractivity contribution is 0.0977. The van der Waals surface area contributed by atoms with Gasteiger partial charge in [0.25, 0.3) is 5.56 Å². The van der Waals surface area contributed by atoms with Crippen molar-refractivity contribution in [1.29, 1.82) is 0 Å². The Morgan fingerprint density at radius 2 is 2.00 bits per heavy atom. The molecule has 102 valence electrons. The first kappa shape index (κ1) is 13.4. The molecule has 21 heavy (non-hydrogen) atoms. The number of H-pyrrole nitrogens is 1. The molecule has 1 amide bonds. The summed E-state index contributed by atoms with van der Waals surface area (Å²) in [5, 5.41) is 12.4. The molecule has 0 aliphatic rings. The van der Waals surface area contributed by atoms with Crippen LogP contribution in [-0.4, -0.2) is 24.0 Å². The molecule has 3 rings (SSSR count). The van der Waals surface area contributed by atoms with Gasteiger partial charge in [0.2, 0.25) is 13.9 Å². The molecule has 0 unspecified atom stereocenters. The third kappa shape index (κ3) is 2.21. The van der Waals surface area contributed by atoms with Gasteiger partial charge in [-0.25, -0.2) is 0 Å². The van der Waals surface area contributed by atoms with Crippen molar-refractivity contribution in [2.45, 2.75) is 0 Å². The van der Waals surface area contributed by atoms with E-state index < -0.39 is 11.5 Å². The predicted molar refractivity (Wildman–Crippen MR) is 82.8 cm³/mol. The van der Waals surface area contributed by atoms with Crippen molar-refractivity contribution in [3.63, 3.8) is 0 Å². The molecule has 3 aromatic rings. The van der Waals surface area contributed by atoms with Crippen molar-refractivity contribution >= 4 is 35.4 Å². The van der Waals surface area contributed by atoms with Gasteiger partial charge in [0.1, 0.15) is 16.1 Å². The van der Waals surface area contributed by atoms with Gasteiger partial charge < -0.3 is 15.3 Å². The molecule has 0 saturated heterocycles. The average Bonchev–Trinajstić information content (AvgIpc) is 2.92. The molecule has 2 radical (unpaired) electrons. The quantitative estimate of drug-likeness (QED) is 0.630. The molecule has 0 fully saturated rings. The van der Waals surface area contributed by atoms with Crippen LogP contribution in [0.25, 0.3) is 20.7 Å². The van der Waals surface area contributed by atoms with Crippen LogP contribution < -0.4 is 10.8 Å². The van der Waals surface area contributed by atoms with E-state index in [2.05, 4.69) is 4.98 Å². The summed E-state index contributed by atoms with van der Waals surface area (Å²) >= 11 is 1.33. The topological polar surface area (TPSA) is 82.2 Å². The number of rotatable bonds is 2. The van der Waals surface area contributed by atoms with Crippen LogP contribution in [-0.2, 0) is 0 Å². The van der Waals surface area contributed by atoms with Crippen LogP contribution in [0.4, 0.5) is 0 Å². The smallest absolute Gasteiger partial charge is 0.265 e. The van der Waals surface area contributed by atoms with E-state index >= 15 is 0 Å². The molecule has 5 nitrogen and oxygen atoms in total. The summed E-state index contributed by atoms with van der Waals surface area (Å²) in [6.45, 7) is 0. The second kappa shape index (κ2) is 5.10. The minimum Gasteiger partial charge on any atom is -0.506 e. The summed E-state index contributed by atoms with van der Waals surface area (Å²) in [7, 11) is 5.02. The maximum absolute atomic E-state index is 11.9. The molecule has 0 aliphatic carbocycles. The number of hydrogen-bond donors (Lipinski definition) is 3. The second-order valence-corrected chi connectivity index (χ2v) is 5.42. The van der Waals surface area contributed by atoms with Gasteiger partial charge in [0.15, 0.2) is 0 Å². The van der Waals surface area contributed by atoms with Gasteiger partial charge in [-0.2, -0.15) is 0 Å². The lowest BCUT2D eigenvalue weighted by Gasteiger charge is -2.02. The molecular weight excluding hydrogens is 287 g/mol.